The van der Waals surface area contributed by atoms with Gasteiger partial charge < -0.3 is 15.5 Å². The van der Waals surface area contributed by atoms with E-state index in [0.717, 1.165) is 30.5 Å². The van der Waals surface area contributed by atoms with Gasteiger partial charge in [-0.25, -0.2) is 0 Å². The molecule has 0 bridgehead atoms. The second-order valence-corrected chi connectivity index (χ2v) is 6.20. The molecule has 0 aliphatic heterocycles. The van der Waals surface area contributed by atoms with Crippen LogP contribution in [0.4, 0.5) is 0 Å². The molecule has 0 atom stereocenters. The maximum absolute atomic E-state index is 5.55. The lowest BCUT2D eigenvalue weighted by Gasteiger charge is -2.04. The van der Waals surface area contributed by atoms with Crippen molar-refractivity contribution in [2.24, 2.45) is 22.5 Å². The molecule has 1 aromatic rings. The van der Waals surface area contributed by atoms with Gasteiger partial charge in [0, 0.05) is 0 Å². The standard InChI is InChI=1S/C14H24N2O/c1-13(2)12(14(13,3)4)9-16-8-11-6-5-10(7-15)17-11/h5-6,12,16H,7-9,15H2,1-4H3. The Labute approximate surface area is 104 Å². The SMILES string of the molecule is CC1(C)C(CNCc2ccc(CN)o2)C1(C)C. The summed E-state index contributed by atoms with van der Waals surface area (Å²) in [4.78, 5) is 0. The van der Waals surface area contributed by atoms with E-state index in [1.165, 1.54) is 0 Å². The molecule has 1 aliphatic carbocycles. The van der Waals surface area contributed by atoms with Crippen molar-refractivity contribution in [3.05, 3.63) is 23.7 Å². The molecular weight excluding hydrogens is 212 g/mol. The Bertz CT molecular complexity index is 379. The molecule has 0 radical (unpaired) electrons. The van der Waals surface area contributed by atoms with Gasteiger partial charge in [-0.3, -0.25) is 0 Å². The zero-order chi connectivity index (χ0) is 12.7. The van der Waals surface area contributed by atoms with Crippen molar-refractivity contribution in [3.63, 3.8) is 0 Å². The number of nitrogens with two attached hydrogens (primary N) is 1. The first-order valence-electron chi connectivity index (χ1n) is 6.38. The van der Waals surface area contributed by atoms with Gasteiger partial charge in [-0.2, -0.15) is 0 Å². The van der Waals surface area contributed by atoms with E-state index >= 15 is 0 Å². The van der Waals surface area contributed by atoms with E-state index in [2.05, 4.69) is 33.0 Å². The lowest BCUT2D eigenvalue weighted by molar-refractivity contribution is 0.436. The second kappa shape index (κ2) is 4.14. The summed E-state index contributed by atoms with van der Waals surface area (Å²) in [6.07, 6.45) is 0. The predicted octanol–water partition coefficient (Wildman–Crippen LogP) is 2.51. The van der Waals surface area contributed by atoms with E-state index < -0.39 is 0 Å². The van der Waals surface area contributed by atoms with Crippen LogP contribution in [0.3, 0.4) is 0 Å². The van der Waals surface area contributed by atoms with E-state index in [1.54, 1.807) is 0 Å². The number of furan rings is 1. The van der Waals surface area contributed by atoms with Crippen LogP contribution in [-0.4, -0.2) is 6.54 Å². The van der Waals surface area contributed by atoms with Crippen molar-refractivity contribution < 1.29 is 4.42 Å². The minimum Gasteiger partial charge on any atom is -0.463 e. The third-order valence-electron chi connectivity index (χ3n) is 4.89. The van der Waals surface area contributed by atoms with Crippen molar-refractivity contribution in [3.8, 4) is 0 Å². The van der Waals surface area contributed by atoms with Crippen LogP contribution in [0, 0.1) is 16.7 Å². The molecule has 3 nitrogen and oxygen atoms in total. The van der Waals surface area contributed by atoms with E-state index in [-0.39, 0.29) is 0 Å². The van der Waals surface area contributed by atoms with E-state index in [0.29, 0.717) is 17.4 Å². The monoisotopic (exact) mass is 236 g/mol. The molecule has 0 unspecified atom stereocenters. The van der Waals surface area contributed by atoms with Crippen LogP contribution in [0.2, 0.25) is 0 Å². The molecule has 2 rings (SSSR count). The fourth-order valence-corrected chi connectivity index (χ4v) is 2.81. The summed E-state index contributed by atoms with van der Waals surface area (Å²) in [5.41, 5.74) is 6.41. The third-order valence-corrected chi connectivity index (χ3v) is 4.89. The van der Waals surface area contributed by atoms with Crippen LogP contribution < -0.4 is 11.1 Å². The molecule has 17 heavy (non-hydrogen) atoms. The van der Waals surface area contributed by atoms with E-state index in [1.807, 2.05) is 12.1 Å². The molecular formula is C14H24N2O. The van der Waals surface area contributed by atoms with Crippen LogP contribution in [0.25, 0.3) is 0 Å². The predicted molar refractivity (Wildman–Crippen MR) is 69.4 cm³/mol. The molecule has 0 aromatic carbocycles. The summed E-state index contributed by atoms with van der Waals surface area (Å²) >= 11 is 0. The Morgan fingerprint density at radius 1 is 1.18 bits per heavy atom. The Morgan fingerprint density at radius 2 is 1.76 bits per heavy atom. The van der Waals surface area contributed by atoms with Gasteiger partial charge in [-0.1, -0.05) is 27.7 Å². The number of nitrogens with one attached hydrogen (secondary N) is 1. The van der Waals surface area contributed by atoms with Gasteiger partial charge >= 0.3 is 0 Å². The molecule has 1 aliphatic rings. The molecule has 1 saturated carbocycles. The lowest BCUT2D eigenvalue weighted by Crippen LogP contribution is -2.18. The summed E-state index contributed by atoms with van der Waals surface area (Å²) in [6.45, 7) is 11.7. The van der Waals surface area contributed by atoms with E-state index in [9.17, 15) is 0 Å². The van der Waals surface area contributed by atoms with Crippen LogP contribution in [0.15, 0.2) is 16.5 Å². The van der Waals surface area contributed by atoms with Gasteiger partial charge in [-0.15, -0.1) is 0 Å². The molecule has 3 heteroatoms. The van der Waals surface area contributed by atoms with Crippen molar-refractivity contribution in [1.82, 2.24) is 5.32 Å². The highest BCUT2D eigenvalue weighted by atomic mass is 16.3. The van der Waals surface area contributed by atoms with Gasteiger partial charge in [0.15, 0.2) is 0 Å². The quantitative estimate of drug-likeness (QED) is 0.826. The van der Waals surface area contributed by atoms with Gasteiger partial charge in [0.05, 0.1) is 13.1 Å². The fourth-order valence-electron chi connectivity index (χ4n) is 2.81. The smallest absolute Gasteiger partial charge is 0.118 e. The highest BCUT2D eigenvalue weighted by Crippen LogP contribution is 2.67. The highest BCUT2D eigenvalue weighted by molar-refractivity contribution is 5.13. The van der Waals surface area contributed by atoms with Crippen molar-refractivity contribution in [1.29, 1.82) is 0 Å². The molecule has 0 saturated heterocycles. The molecule has 0 spiro atoms. The Morgan fingerprint density at radius 3 is 2.24 bits per heavy atom. The first kappa shape index (κ1) is 12.7. The molecule has 1 heterocycles. The first-order chi connectivity index (χ1) is 7.89. The maximum atomic E-state index is 5.55. The van der Waals surface area contributed by atoms with E-state index in [4.69, 9.17) is 10.2 Å². The molecule has 0 amide bonds. The fraction of sp³-hybridized carbons (Fsp3) is 0.714. The van der Waals surface area contributed by atoms with Gasteiger partial charge in [0.1, 0.15) is 11.5 Å². The zero-order valence-corrected chi connectivity index (χ0v) is 11.3. The van der Waals surface area contributed by atoms with Crippen molar-refractivity contribution in [2.75, 3.05) is 6.54 Å². The normalized spacial score (nSPS) is 21.7. The van der Waals surface area contributed by atoms with Crippen LogP contribution in [-0.2, 0) is 13.1 Å². The average molecular weight is 236 g/mol. The minimum absolute atomic E-state index is 0.450. The van der Waals surface area contributed by atoms with Crippen LogP contribution in [0.1, 0.15) is 39.2 Å². The highest BCUT2D eigenvalue weighted by Gasteiger charge is 2.63. The molecule has 96 valence electrons. The van der Waals surface area contributed by atoms with Gasteiger partial charge in [0.2, 0.25) is 0 Å². The lowest BCUT2D eigenvalue weighted by atomic mass is 10.0. The summed E-state index contributed by atoms with van der Waals surface area (Å²) < 4.78 is 5.55. The first-order valence-corrected chi connectivity index (χ1v) is 6.38. The van der Waals surface area contributed by atoms with Crippen LogP contribution in [0.5, 0.6) is 0 Å². The number of hydrogen-bond acceptors (Lipinski definition) is 3. The van der Waals surface area contributed by atoms with Gasteiger partial charge in [-0.05, 0) is 35.4 Å². The van der Waals surface area contributed by atoms with Gasteiger partial charge in [0.25, 0.3) is 0 Å². The average Bonchev–Trinajstić information content (AvgIpc) is 2.64. The minimum atomic E-state index is 0.450. The second-order valence-electron chi connectivity index (χ2n) is 6.20. The summed E-state index contributed by atoms with van der Waals surface area (Å²) in [6, 6.07) is 3.94. The number of rotatable bonds is 5. The zero-order valence-electron chi connectivity index (χ0n) is 11.3. The maximum Gasteiger partial charge on any atom is 0.118 e. The van der Waals surface area contributed by atoms with Crippen molar-refractivity contribution >= 4 is 0 Å². The molecule has 1 fully saturated rings. The summed E-state index contributed by atoms with van der Waals surface area (Å²) in [5.74, 6) is 2.58. The Hall–Kier alpha value is -0.800. The largest absolute Gasteiger partial charge is 0.463 e. The van der Waals surface area contributed by atoms with Crippen molar-refractivity contribution in [2.45, 2.75) is 40.8 Å². The summed E-state index contributed by atoms with van der Waals surface area (Å²) in [5, 5.41) is 3.48. The molecule has 3 N–H and O–H groups in total. The van der Waals surface area contributed by atoms with Crippen LogP contribution >= 0.6 is 0 Å². The topological polar surface area (TPSA) is 51.2 Å². The third kappa shape index (κ3) is 2.14. The molecule has 1 aromatic heterocycles. The number of hydrogen-bond donors (Lipinski definition) is 2. The summed E-state index contributed by atoms with van der Waals surface area (Å²) in [7, 11) is 0. The Kier molecular flexibility index (Phi) is 3.08. The Balaban J connectivity index is 1.78.